The van der Waals surface area contributed by atoms with Crippen LogP contribution in [-0.4, -0.2) is 14.4 Å². The second kappa shape index (κ2) is 3.93. The van der Waals surface area contributed by atoms with E-state index < -0.39 is 32.5 Å². The van der Waals surface area contributed by atoms with Gasteiger partial charge < -0.3 is 17.2 Å². The highest BCUT2D eigenvalue weighted by atomic mass is 32.2. The van der Waals surface area contributed by atoms with E-state index in [0.29, 0.717) is 12.1 Å². The first kappa shape index (κ1) is 12.2. The van der Waals surface area contributed by atoms with Crippen LogP contribution in [0.25, 0.3) is 0 Å². The number of anilines is 1. The summed E-state index contributed by atoms with van der Waals surface area (Å²) in [5.74, 6) is -3.54. The molecule has 0 bridgehead atoms. The number of benzene rings is 1. The van der Waals surface area contributed by atoms with Gasteiger partial charge in [-0.05, 0) is 12.1 Å². The number of nitrogens with two attached hydrogens (primary N) is 3. The summed E-state index contributed by atoms with van der Waals surface area (Å²) in [7, 11) is -4.61. The van der Waals surface area contributed by atoms with Crippen molar-refractivity contribution in [3.63, 3.8) is 0 Å². The molecule has 0 saturated heterocycles. The van der Waals surface area contributed by atoms with E-state index in [2.05, 4.69) is 4.40 Å². The number of sulfonamides is 1. The van der Waals surface area contributed by atoms with E-state index in [0.717, 1.165) is 0 Å². The Hall–Kier alpha value is -1.90. The van der Waals surface area contributed by atoms with Gasteiger partial charge in [0.05, 0.1) is 0 Å². The van der Waals surface area contributed by atoms with E-state index in [1.165, 1.54) is 0 Å². The third-order valence-corrected chi connectivity index (χ3v) is 2.86. The molecular formula is C7H8F2N4O2S. The predicted molar refractivity (Wildman–Crippen MR) is 53.8 cm³/mol. The second-order valence-electron chi connectivity index (χ2n) is 2.80. The lowest BCUT2D eigenvalue weighted by Gasteiger charge is -2.03. The van der Waals surface area contributed by atoms with Crippen molar-refractivity contribution in [1.29, 1.82) is 0 Å². The van der Waals surface area contributed by atoms with Gasteiger partial charge in [0, 0.05) is 5.69 Å². The minimum atomic E-state index is -4.61. The van der Waals surface area contributed by atoms with Gasteiger partial charge in [-0.25, -0.2) is 8.78 Å². The number of nitrogens with zero attached hydrogens (tertiary/aromatic N) is 1. The monoisotopic (exact) mass is 250 g/mol. The molecule has 0 saturated carbocycles. The minimum absolute atomic E-state index is 0.251. The molecule has 9 heteroatoms. The van der Waals surface area contributed by atoms with Crippen LogP contribution in [0, 0.1) is 11.6 Å². The first-order valence-electron chi connectivity index (χ1n) is 3.84. The molecule has 0 aliphatic carbocycles. The van der Waals surface area contributed by atoms with E-state index in [-0.39, 0.29) is 5.69 Å². The van der Waals surface area contributed by atoms with Gasteiger partial charge in [-0.3, -0.25) is 0 Å². The Morgan fingerprint density at radius 2 is 1.62 bits per heavy atom. The third-order valence-electron chi connectivity index (χ3n) is 1.50. The molecule has 0 aromatic heterocycles. The fourth-order valence-electron chi connectivity index (χ4n) is 1.01. The molecule has 88 valence electrons. The summed E-state index contributed by atoms with van der Waals surface area (Å²) in [6.07, 6.45) is 0. The average molecular weight is 250 g/mol. The Bertz CT molecular complexity index is 529. The van der Waals surface area contributed by atoms with E-state index in [9.17, 15) is 17.2 Å². The highest BCUT2D eigenvalue weighted by molar-refractivity contribution is 7.90. The van der Waals surface area contributed by atoms with Crippen molar-refractivity contribution in [2.24, 2.45) is 15.9 Å². The van der Waals surface area contributed by atoms with Gasteiger partial charge in [-0.2, -0.15) is 8.42 Å². The topological polar surface area (TPSA) is 125 Å². The first-order valence-corrected chi connectivity index (χ1v) is 5.28. The lowest BCUT2D eigenvalue weighted by Crippen LogP contribution is -2.24. The Morgan fingerprint density at radius 1 is 1.19 bits per heavy atom. The van der Waals surface area contributed by atoms with Gasteiger partial charge in [0.1, 0.15) is 11.6 Å². The molecule has 16 heavy (non-hydrogen) atoms. The summed E-state index contributed by atoms with van der Waals surface area (Å²) >= 11 is 0. The number of halogens is 2. The minimum Gasteiger partial charge on any atom is -0.399 e. The third kappa shape index (κ3) is 2.37. The number of guanidine groups is 1. The lowest BCUT2D eigenvalue weighted by molar-refractivity contribution is 0.521. The number of nitrogen functional groups attached to an aromatic ring is 1. The fraction of sp³-hybridized carbons (Fsp3) is 0. The molecule has 0 unspecified atom stereocenters. The molecular weight excluding hydrogens is 242 g/mol. The Balaban J connectivity index is 3.52. The Labute approximate surface area is 89.8 Å². The highest BCUT2D eigenvalue weighted by Gasteiger charge is 2.24. The normalized spacial score (nSPS) is 11.1. The predicted octanol–water partition coefficient (Wildman–Crippen LogP) is -0.491. The van der Waals surface area contributed by atoms with E-state index in [1.54, 1.807) is 0 Å². The molecule has 6 nitrogen and oxygen atoms in total. The number of hydrogen-bond acceptors (Lipinski definition) is 3. The van der Waals surface area contributed by atoms with Gasteiger partial charge >= 0.3 is 0 Å². The van der Waals surface area contributed by atoms with Gasteiger partial charge in [-0.1, -0.05) is 0 Å². The average Bonchev–Trinajstić information content (AvgIpc) is 1.96. The number of hydrogen-bond donors (Lipinski definition) is 3. The molecule has 0 amide bonds. The van der Waals surface area contributed by atoms with Crippen LogP contribution < -0.4 is 17.2 Å². The summed E-state index contributed by atoms with van der Waals surface area (Å²) in [4.78, 5) is -1.24. The SMILES string of the molecule is NC(N)=NS(=O)(=O)c1c(F)cc(N)cc1F. The van der Waals surface area contributed by atoms with Gasteiger partial charge in [0.2, 0.25) is 5.96 Å². The molecule has 0 atom stereocenters. The molecule has 6 N–H and O–H groups in total. The highest BCUT2D eigenvalue weighted by Crippen LogP contribution is 2.23. The molecule has 0 fully saturated rings. The summed E-state index contributed by atoms with van der Waals surface area (Å²) in [5, 5.41) is 0. The van der Waals surface area contributed by atoms with Crippen molar-refractivity contribution in [3.8, 4) is 0 Å². The quantitative estimate of drug-likeness (QED) is 0.371. The molecule has 1 aromatic rings. The van der Waals surface area contributed by atoms with Crippen LogP contribution in [0.15, 0.2) is 21.4 Å². The van der Waals surface area contributed by atoms with Crippen LogP contribution >= 0.6 is 0 Å². The smallest absolute Gasteiger partial charge is 0.291 e. The summed E-state index contributed by atoms with van der Waals surface area (Å²) in [5.41, 5.74) is 14.5. The maximum Gasteiger partial charge on any atom is 0.291 e. The molecule has 0 aliphatic rings. The van der Waals surface area contributed by atoms with Crippen LogP contribution in [0.4, 0.5) is 14.5 Å². The lowest BCUT2D eigenvalue weighted by atomic mass is 10.3. The zero-order chi connectivity index (χ0) is 12.5. The van der Waals surface area contributed by atoms with E-state index in [4.69, 9.17) is 17.2 Å². The Morgan fingerprint density at radius 3 is 2.00 bits per heavy atom. The van der Waals surface area contributed by atoms with Gasteiger partial charge in [0.15, 0.2) is 4.90 Å². The fourth-order valence-corrected chi connectivity index (χ4v) is 1.99. The van der Waals surface area contributed by atoms with Crippen molar-refractivity contribution in [2.75, 3.05) is 5.73 Å². The van der Waals surface area contributed by atoms with Crippen molar-refractivity contribution in [1.82, 2.24) is 0 Å². The standard InChI is InChI=1S/C7H8F2N4O2S/c8-4-1-3(10)2-5(9)6(4)16(14,15)13-7(11)12/h1-2H,10H2,(H4,11,12,13). The number of rotatable bonds is 2. The molecule has 1 aromatic carbocycles. The van der Waals surface area contributed by atoms with Crippen LogP contribution in [-0.2, 0) is 10.0 Å². The van der Waals surface area contributed by atoms with Crippen LogP contribution in [0.2, 0.25) is 0 Å². The molecule has 0 heterocycles. The summed E-state index contributed by atoms with van der Waals surface area (Å²) in [6.45, 7) is 0. The second-order valence-corrected chi connectivity index (χ2v) is 4.35. The zero-order valence-corrected chi connectivity index (χ0v) is 8.63. The largest absolute Gasteiger partial charge is 0.399 e. The molecule has 1 rings (SSSR count). The van der Waals surface area contributed by atoms with E-state index >= 15 is 0 Å². The van der Waals surface area contributed by atoms with Crippen molar-refractivity contribution in [3.05, 3.63) is 23.8 Å². The van der Waals surface area contributed by atoms with Crippen LogP contribution in [0.5, 0.6) is 0 Å². The maximum atomic E-state index is 13.2. The molecule has 0 radical (unpaired) electrons. The van der Waals surface area contributed by atoms with E-state index in [1.807, 2.05) is 0 Å². The van der Waals surface area contributed by atoms with Crippen molar-refractivity contribution in [2.45, 2.75) is 4.90 Å². The summed E-state index contributed by atoms with van der Waals surface area (Å²) in [6, 6.07) is 1.30. The van der Waals surface area contributed by atoms with Crippen LogP contribution in [0.3, 0.4) is 0 Å². The molecule has 0 spiro atoms. The Kier molecular flexibility index (Phi) is 2.99. The van der Waals surface area contributed by atoms with Crippen LogP contribution in [0.1, 0.15) is 0 Å². The first-order chi connectivity index (χ1) is 7.24. The maximum absolute atomic E-state index is 13.2. The summed E-state index contributed by atoms with van der Waals surface area (Å²) < 4.78 is 51.8. The molecule has 0 aliphatic heterocycles. The van der Waals surface area contributed by atoms with Gasteiger partial charge in [-0.15, -0.1) is 4.40 Å². The zero-order valence-electron chi connectivity index (χ0n) is 7.81. The van der Waals surface area contributed by atoms with Crippen molar-refractivity contribution < 1.29 is 17.2 Å². The van der Waals surface area contributed by atoms with Gasteiger partial charge in [0.25, 0.3) is 10.0 Å². The van der Waals surface area contributed by atoms with Crippen molar-refractivity contribution >= 4 is 21.7 Å².